The summed E-state index contributed by atoms with van der Waals surface area (Å²) in [5.74, 6) is 0.592. The molecule has 0 bridgehead atoms. The summed E-state index contributed by atoms with van der Waals surface area (Å²) in [6.07, 6.45) is 0.826. The average molecular weight is 320 g/mol. The molecule has 24 heavy (non-hydrogen) atoms. The number of aldehydes is 1. The van der Waals surface area contributed by atoms with Crippen LogP contribution in [0.5, 0.6) is 5.75 Å². The van der Waals surface area contributed by atoms with Gasteiger partial charge in [0.1, 0.15) is 12.4 Å². The van der Waals surface area contributed by atoms with Gasteiger partial charge in [0.25, 0.3) is 0 Å². The summed E-state index contributed by atoms with van der Waals surface area (Å²) in [5.41, 5.74) is 5.75. The Kier molecular flexibility index (Phi) is 4.47. The van der Waals surface area contributed by atoms with E-state index in [-0.39, 0.29) is 0 Å². The molecule has 0 amide bonds. The second-order valence-electron chi connectivity index (χ2n) is 5.81. The summed E-state index contributed by atoms with van der Waals surface area (Å²) in [6.45, 7) is 4.45. The highest BCUT2D eigenvalue weighted by molar-refractivity contribution is 5.82. The predicted octanol–water partition coefficient (Wildman–Crippen LogP) is 4.10. The fraction of sp³-hybridized carbons (Fsp3) is 0.200. The van der Waals surface area contributed by atoms with Crippen LogP contribution < -0.4 is 4.74 Å². The predicted molar refractivity (Wildman–Crippen MR) is 94.3 cm³/mol. The molecule has 0 aliphatic heterocycles. The molecule has 0 atom stereocenters. The number of carbonyl (C=O) groups is 1. The molecule has 0 saturated heterocycles. The van der Waals surface area contributed by atoms with Gasteiger partial charge in [-0.05, 0) is 37.1 Å². The molecule has 0 fully saturated rings. The van der Waals surface area contributed by atoms with Gasteiger partial charge in [0.05, 0.1) is 11.3 Å². The molecule has 3 rings (SSSR count). The lowest BCUT2D eigenvalue weighted by Gasteiger charge is -2.11. The van der Waals surface area contributed by atoms with Crippen LogP contribution in [0.15, 0.2) is 48.5 Å². The van der Waals surface area contributed by atoms with Crippen LogP contribution in [0.25, 0.3) is 11.1 Å². The van der Waals surface area contributed by atoms with Crippen LogP contribution in [0.1, 0.15) is 27.3 Å². The lowest BCUT2D eigenvalue weighted by atomic mass is 10.0. The number of ether oxygens (including phenoxy) is 1. The van der Waals surface area contributed by atoms with Gasteiger partial charge in [0, 0.05) is 18.3 Å². The number of benzene rings is 2. The number of rotatable bonds is 5. The molecular weight excluding hydrogens is 300 g/mol. The molecule has 0 aliphatic rings. The quantitative estimate of drug-likeness (QED) is 0.665. The van der Waals surface area contributed by atoms with Crippen LogP contribution in [-0.2, 0) is 13.7 Å². The van der Waals surface area contributed by atoms with Gasteiger partial charge in [-0.25, -0.2) is 0 Å². The van der Waals surface area contributed by atoms with E-state index < -0.39 is 0 Å². The highest BCUT2D eigenvalue weighted by Crippen LogP contribution is 2.31. The van der Waals surface area contributed by atoms with Crippen LogP contribution in [0.4, 0.5) is 0 Å². The summed E-state index contributed by atoms with van der Waals surface area (Å²) < 4.78 is 7.77. The van der Waals surface area contributed by atoms with Gasteiger partial charge in [0.2, 0.25) is 0 Å². The minimum Gasteiger partial charge on any atom is -0.488 e. The van der Waals surface area contributed by atoms with E-state index in [0.29, 0.717) is 17.9 Å². The summed E-state index contributed by atoms with van der Waals surface area (Å²) in [5, 5.41) is 4.46. The number of hydrogen-bond donors (Lipinski definition) is 0. The third-order valence-electron chi connectivity index (χ3n) is 4.18. The molecule has 4 nitrogen and oxygen atoms in total. The Labute approximate surface area is 141 Å². The second-order valence-corrected chi connectivity index (χ2v) is 5.81. The topological polar surface area (TPSA) is 44.1 Å². The van der Waals surface area contributed by atoms with Crippen molar-refractivity contribution in [1.29, 1.82) is 0 Å². The van der Waals surface area contributed by atoms with Crippen LogP contribution in [0, 0.1) is 13.8 Å². The lowest BCUT2D eigenvalue weighted by molar-refractivity contribution is 0.111. The first-order valence-corrected chi connectivity index (χ1v) is 7.86. The summed E-state index contributed by atoms with van der Waals surface area (Å²) >= 11 is 0. The van der Waals surface area contributed by atoms with Crippen molar-refractivity contribution >= 4 is 6.29 Å². The zero-order valence-electron chi connectivity index (χ0n) is 14.1. The van der Waals surface area contributed by atoms with Crippen molar-refractivity contribution in [2.75, 3.05) is 0 Å². The molecule has 122 valence electrons. The standard InChI is InChI=1S/C20H20N2O2/c1-14-20(15(2)22(3)21-14)17-9-10-18(12-23)19(11-17)24-13-16-7-5-4-6-8-16/h4-12H,13H2,1-3H3. The van der Waals surface area contributed by atoms with Crippen molar-refractivity contribution < 1.29 is 9.53 Å². The lowest BCUT2D eigenvalue weighted by Crippen LogP contribution is -1.99. The Morgan fingerprint density at radius 3 is 2.50 bits per heavy atom. The van der Waals surface area contributed by atoms with E-state index >= 15 is 0 Å². The largest absolute Gasteiger partial charge is 0.488 e. The first-order chi connectivity index (χ1) is 11.6. The van der Waals surface area contributed by atoms with Crippen molar-refractivity contribution in [3.8, 4) is 16.9 Å². The average Bonchev–Trinajstić information content (AvgIpc) is 2.86. The van der Waals surface area contributed by atoms with E-state index in [9.17, 15) is 4.79 Å². The van der Waals surface area contributed by atoms with Gasteiger partial charge < -0.3 is 4.74 Å². The van der Waals surface area contributed by atoms with Gasteiger partial charge >= 0.3 is 0 Å². The molecule has 0 N–H and O–H groups in total. The molecular formula is C20H20N2O2. The second kappa shape index (κ2) is 6.71. The SMILES string of the molecule is Cc1nn(C)c(C)c1-c1ccc(C=O)c(OCc2ccccc2)c1. The maximum atomic E-state index is 11.3. The third-order valence-corrected chi connectivity index (χ3v) is 4.18. The molecule has 0 unspecified atom stereocenters. The Bertz CT molecular complexity index is 867. The van der Waals surface area contributed by atoms with Gasteiger partial charge in [-0.2, -0.15) is 5.10 Å². The summed E-state index contributed by atoms with van der Waals surface area (Å²) in [4.78, 5) is 11.3. The van der Waals surface area contributed by atoms with Crippen LogP contribution >= 0.6 is 0 Å². The van der Waals surface area contributed by atoms with E-state index in [1.165, 1.54) is 0 Å². The Hall–Kier alpha value is -2.88. The minimum atomic E-state index is 0.427. The molecule has 1 aromatic heterocycles. The van der Waals surface area contributed by atoms with Gasteiger partial charge in [-0.1, -0.05) is 36.4 Å². The molecule has 4 heteroatoms. The van der Waals surface area contributed by atoms with Crippen molar-refractivity contribution in [2.24, 2.45) is 7.05 Å². The van der Waals surface area contributed by atoms with Crippen molar-refractivity contribution in [1.82, 2.24) is 9.78 Å². The summed E-state index contributed by atoms with van der Waals surface area (Å²) in [7, 11) is 1.93. The Balaban J connectivity index is 1.95. The molecule has 2 aromatic carbocycles. The van der Waals surface area contributed by atoms with Crippen molar-refractivity contribution in [2.45, 2.75) is 20.5 Å². The molecule has 0 spiro atoms. The Morgan fingerprint density at radius 2 is 1.88 bits per heavy atom. The maximum Gasteiger partial charge on any atom is 0.153 e. The minimum absolute atomic E-state index is 0.427. The molecule has 0 radical (unpaired) electrons. The van der Waals surface area contributed by atoms with E-state index in [2.05, 4.69) is 5.10 Å². The van der Waals surface area contributed by atoms with Crippen molar-refractivity contribution in [3.63, 3.8) is 0 Å². The molecule has 1 heterocycles. The number of hydrogen-bond acceptors (Lipinski definition) is 3. The fourth-order valence-electron chi connectivity index (χ4n) is 2.84. The van der Waals surface area contributed by atoms with Crippen LogP contribution in [-0.4, -0.2) is 16.1 Å². The van der Waals surface area contributed by atoms with E-state index in [1.54, 1.807) is 6.07 Å². The first kappa shape index (κ1) is 16.0. The number of aryl methyl sites for hydroxylation is 2. The maximum absolute atomic E-state index is 11.3. The summed E-state index contributed by atoms with van der Waals surface area (Å²) in [6, 6.07) is 15.6. The van der Waals surface area contributed by atoms with E-state index in [0.717, 1.165) is 34.4 Å². The highest BCUT2D eigenvalue weighted by Gasteiger charge is 2.14. The third kappa shape index (κ3) is 3.08. The zero-order valence-corrected chi connectivity index (χ0v) is 14.1. The van der Waals surface area contributed by atoms with Gasteiger partial charge in [-0.15, -0.1) is 0 Å². The monoisotopic (exact) mass is 320 g/mol. The smallest absolute Gasteiger partial charge is 0.153 e. The van der Waals surface area contributed by atoms with Gasteiger partial charge in [0.15, 0.2) is 6.29 Å². The van der Waals surface area contributed by atoms with Crippen molar-refractivity contribution in [3.05, 3.63) is 71.0 Å². The molecule has 3 aromatic rings. The molecule has 0 aliphatic carbocycles. The van der Waals surface area contributed by atoms with Crippen LogP contribution in [0.3, 0.4) is 0 Å². The van der Waals surface area contributed by atoms with E-state index in [4.69, 9.17) is 4.74 Å². The highest BCUT2D eigenvalue weighted by atomic mass is 16.5. The fourth-order valence-corrected chi connectivity index (χ4v) is 2.84. The number of aromatic nitrogens is 2. The normalized spacial score (nSPS) is 10.6. The van der Waals surface area contributed by atoms with E-state index in [1.807, 2.05) is 68.0 Å². The Morgan fingerprint density at radius 1 is 1.12 bits per heavy atom. The number of carbonyl (C=O) groups excluding carboxylic acids is 1. The number of nitrogens with zero attached hydrogens (tertiary/aromatic N) is 2. The first-order valence-electron chi connectivity index (χ1n) is 7.86. The zero-order chi connectivity index (χ0) is 17.1. The van der Waals surface area contributed by atoms with Crippen LogP contribution in [0.2, 0.25) is 0 Å². The molecule has 0 saturated carbocycles. The van der Waals surface area contributed by atoms with Gasteiger partial charge in [-0.3, -0.25) is 9.48 Å².